The first-order chi connectivity index (χ1) is 22.2. The second kappa shape index (κ2) is 9.40. The highest BCUT2D eigenvalue weighted by Gasteiger charge is 2.78. The summed E-state index contributed by atoms with van der Waals surface area (Å²) < 4.78 is 36.5. The van der Waals surface area contributed by atoms with Gasteiger partial charge in [0.05, 0.1) is 28.6 Å². The zero-order chi connectivity index (χ0) is 35.2. The lowest BCUT2D eigenvalue weighted by Crippen LogP contribution is -2.57. The van der Waals surface area contributed by atoms with E-state index in [2.05, 4.69) is 0 Å². The Morgan fingerprint density at radius 1 is 0.792 bits per heavy atom. The molecule has 2 saturated heterocycles. The average molecular weight is 667 g/mol. The monoisotopic (exact) mass is 666 g/mol. The number of aliphatic hydroxyl groups excluding tert-OH is 1. The number of fused-ring (bicyclic) bond motifs is 7. The third kappa shape index (κ3) is 3.52. The Morgan fingerprint density at radius 2 is 1.31 bits per heavy atom. The van der Waals surface area contributed by atoms with Gasteiger partial charge in [-0.2, -0.15) is 0 Å². The Hall–Kier alpha value is -3.93. The first-order valence-electron chi connectivity index (χ1n) is 16.4. The van der Waals surface area contributed by atoms with Crippen LogP contribution in [0.4, 0.5) is 0 Å². The van der Waals surface area contributed by atoms with Gasteiger partial charge in [-0.1, -0.05) is 27.7 Å². The third-order valence-corrected chi connectivity index (χ3v) is 13.5. The first kappa shape index (κ1) is 32.6. The van der Waals surface area contributed by atoms with E-state index in [4.69, 9.17) is 28.1 Å². The predicted octanol–water partition coefficient (Wildman–Crippen LogP) is 4.50. The molecule has 6 atom stereocenters. The number of benzene rings is 1. The molecular weight excluding hydrogens is 624 g/mol. The van der Waals surface area contributed by atoms with Gasteiger partial charge in [-0.25, -0.2) is 14.4 Å². The smallest absolute Gasteiger partial charge is 0.351 e. The molecule has 2 aliphatic carbocycles. The van der Waals surface area contributed by atoms with Crippen molar-refractivity contribution in [2.45, 2.75) is 124 Å². The second-order valence-corrected chi connectivity index (χ2v) is 16.2. The Labute approximate surface area is 277 Å². The van der Waals surface area contributed by atoms with Crippen LogP contribution in [-0.2, 0) is 44.7 Å². The first-order valence-corrected chi connectivity index (χ1v) is 16.4. The maximum absolute atomic E-state index is 14.5. The van der Waals surface area contributed by atoms with Crippen LogP contribution in [0.5, 0.6) is 5.75 Å². The summed E-state index contributed by atoms with van der Waals surface area (Å²) in [4.78, 5) is 68.1. The van der Waals surface area contributed by atoms with Crippen molar-refractivity contribution in [2.24, 2.45) is 21.7 Å². The van der Waals surface area contributed by atoms with Crippen molar-refractivity contribution in [1.29, 1.82) is 0 Å². The molecule has 4 heterocycles. The fraction of sp³-hybridized carbons (Fsp3) is 0.639. The van der Waals surface area contributed by atoms with Crippen molar-refractivity contribution in [3.63, 3.8) is 0 Å². The molecule has 4 bridgehead atoms. The van der Waals surface area contributed by atoms with E-state index < -0.39 is 86.8 Å². The zero-order valence-electron chi connectivity index (χ0n) is 28.8. The molecule has 5 aliphatic rings. The summed E-state index contributed by atoms with van der Waals surface area (Å²) in [5.41, 5.74) is -8.38. The van der Waals surface area contributed by atoms with Crippen LogP contribution < -0.4 is 10.4 Å². The molecule has 258 valence electrons. The van der Waals surface area contributed by atoms with Crippen LogP contribution in [-0.4, -0.2) is 51.9 Å². The molecular formula is C36H42O12. The second-order valence-electron chi connectivity index (χ2n) is 16.2. The number of hydrogen-bond acceptors (Lipinski definition) is 12. The maximum atomic E-state index is 14.5. The molecule has 0 radical (unpaired) electrons. The fourth-order valence-corrected chi connectivity index (χ4v) is 9.01. The Kier molecular flexibility index (Phi) is 6.38. The van der Waals surface area contributed by atoms with E-state index in [-0.39, 0.29) is 35.3 Å². The van der Waals surface area contributed by atoms with E-state index in [1.54, 1.807) is 74.4 Å². The lowest BCUT2D eigenvalue weighted by Gasteiger charge is -2.45. The lowest BCUT2D eigenvalue weighted by atomic mass is 9.66. The normalized spacial score (nSPS) is 36.3. The van der Waals surface area contributed by atoms with Crippen molar-refractivity contribution >= 4 is 34.8 Å². The highest BCUT2D eigenvalue weighted by Crippen LogP contribution is 2.67. The maximum Gasteiger partial charge on any atom is 0.351 e. The highest BCUT2D eigenvalue weighted by atomic mass is 16.7. The van der Waals surface area contributed by atoms with E-state index in [0.717, 1.165) is 0 Å². The van der Waals surface area contributed by atoms with Gasteiger partial charge in [0, 0.05) is 16.2 Å². The Morgan fingerprint density at radius 3 is 1.77 bits per heavy atom. The summed E-state index contributed by atoms with van der Waals surface area (Å²) in [6.45, 7) is 15.2. The molecule has 0 unspecified atom stereocenters. The molecule has 4 fully saturated rings. The van der Waals surface area contributed by atoms with Crippen LogP contribution in [0, 0.1) is 28.6 Å². The number of carbonyl (C=O) groups is 4. The summed E-state index contributed by atoms with van der Waals surface area (Å²) in [5.74, 6) is -2.41. The SMILES string of the molecule is Cc1c(CO)c(=O)oc2c3c(ccc12)OC(C)(C)[C@H](OC(=O)[C@@]12CC[C@@](C)(C(=O)O1)C2(C)C)[C@@H]3OC(=O)[C@@]12CC[C@@](C)(C(=O)O1)C2(C)C. The van der Waals surface area contributed by atoms with Crippen LogP contribution >= 0.6 is 0 Å². The summed E-state index contributed by atoms with van der Waals surface area (Å²) in [6.07, 6.45) is -1.49. The fourth-order valence-electron chi connectivity index (χ4n) is 9.01. The zero-order valence-corrected chi connectivity index (χ0v) is 28.8. The average Bonchev–Trinajstić information content (AvgIpc) is 3.46. The van der Waals surface area contributed by atoms with Crippen LogP contribution in [0.15, 0.2) is 21.3 Å². The molecule has 1 aromatic heterocycles. The minimum atomic E-state index is -1.63. The van der Waals surface area contributed by atoms with Crippen molar-refractivity contribution in [2.75, 3.05) is 0 Å². The van der Waals surface area contributed by atoms with E-state index >= 15 is 0 Å². The van der Waals surface area contributed by atoms with E-state index in [0.29, 0.717) is 23.8 Å². The van der Waals surface area contributed by atoms with Crippen molar-refractivity contribution in [3.05, 3.63) is 39.2 Å². The number of ether oxygens (including phenoxy) is 5. The van der Waals surface area contributed by atoms with E-state index in [1.807, 2.05) is 0 Å². The minimum Gasteiger partial charge on any atom is -0.483 e. The predicted molar refractivity (Wildman–Crippen MR) is 166 cm³/mol. The molecule has 1 N–H and O–H groups in total. The van der Waals surface area contributed by atoms with Crippen LogP contribution in [0.3, 0.4) is 0 Å². The molecule has 2 aromatic rings. The Balaban J connectivity index is 1.39. The van der Waals surface area contributed by atoms with Crippen LogP contribution in [0.25, 0.3) is 11.0 Å². The van der Waals surface area contributed by atoms with Crippen LogP contribution in [0.1, 0.15) is 104 Å². The number of aryl methyl sites for hydroxylation is 1. The molecule has 3 aliphatic heterocycles. The molecule has 2 saturated carbocycles. The van der Waals surface area contributed by atoms with E-state index in [1.165, 1.54) is 0 Å². The quantitative estimate of drug-likeness (QED) is 0.270. The molecule has 12 heteroatoms. The van der Waals surface area contributed by atoms with Gasteiger partial charge in [-0.3, -0.25) is 9.59 Å². The highest BCUT2D eigenvalue weighted by molar-refractivity contribution is 5.95. The minimum absolute atomic E-state index is 0.0252. The van der Waals surface area contributed by atoms with Gasteiger partial charge >= 0.3 is 29.5 Å². The molecule has 48 heavy (non-hydrogen) atoms. The summed E-state index contributed by atoms with van der Waals surface area (Å²) in [6, 6.07) is 3.31. The van der Waals surface area contributed by atoms with Crippen molar-refractivity contribution in [1.82, 2.24) is 0 Å². The van der Waals surface area contributed by atoms with Crippen molar-refractivity contribution in [3.8, 4) is 5.75 Å². The van der Waals surface area contributed by atoms with Gasteiger partial charge in [-0.05, 0) is 78.0 Å². The van der Waals surface area contributed by atoms with Gasteiger partial charge < -0.3 is 33.2 Å². The lowest BCUT2D eigenvalue weighted by molar-refractivity contribution is -0.217. The third-order valence-electron chi connectivity index (χ3n) is 13.5. The number of aliphatic hydroxyl groups is 1. The molecule has 1 aromatic carbocycles. The molecule has 0 amide bonds. The van der Waals surface area contributed by atoms with Crippen LogP contribution in [0.2, 0.25) is 0 Å². The van der Waals surface area contributed by atoms with Gasteiger partial charge in [0.15, 0.2) is 12.2 Å². The topological polar surface area (TPSA) is 165 Å². The van der Waals surface area contributed by atoms with Gasteiger partial charge in [0.2, 0.25) is 11.2 Å². The summed E-state index contributed by atoms with van der Waals surface area (Å²) in [5, 5.41) is 10.3. The summed E-state index contributed by atoms with van der Waals surface area (Å²) >= 11 is 0. The summed E-state index contributed by atoms with van der Waals surface area (Å²) in [7, 11) is 0. The number of hydrogen-bond donors (Lipinski definition) is 1. The molecule has 12 nitrogen and oxygen atoms in total. The van der Waals surface area contributed by atoms with Gasteiger partial charge in [-0.15, -0.1) is 0 Å². The number of esters is 4. The number of carbonyl (C=O) groups excluding carboxylic acids is 4. The standard InChI is InChI=1S/C36H42O12/c1-17-18-10-11-20-21(22(18)43-25(38)19(17)16-37)23(44-28(41)35-14-12-33(8,26(39)47-35)31(35,4)5)24(30(2,3)46-20)45-29(42)36-15-13-34(9,27(40)48-36)32(36,6)7/h10-11,23-24,37H,12-16H2,1-9H3/t23-,24-,33+,34+,35-,36-/m1/s1. The van der Waals surface area contributed by atoms with E-state index in [9.17, 15) is 29.1 Å². The molecule has 7 rings (SSSR count). The number of rotatable bonds is 5. The Bertz CT molecular complexity index is 1900. The largest absolute Gasteiger partial charge is 0.483 e. The van der Waals surface area contributed by atoms with Gasteiger partial charge in [0.1, 0.15) is 16.9 Å². The van der Waals surface area contributed by atoms with Gasteiger partial charge in [0.25, 0.3) is 0 Å². The molecule has 0 spiro atoms. The van der Waals surface area contributed by atoms with Crippen molar-refractivity contribution < 1.29 is 52.4 Å².